The molecule has 1 aromatic carbocycles. The quantitative estimate of drug-likeness (QED) is 0.648. The number of nitrogens with zero attached hydrogens (tertiary/aromatic N) is 4. The number of rotatable bonds is 6. The molecule has 2 aromatic heterocycles. The third-order valence-corrected chi connectivity index (χ3v) is 7.33. The van der Waals surface area contributed by atoms with Crippen LogP contribution in [-0.4, -0.2) is 56.5 Å². The Morgan fingerprint density at radius 3 is 2.55 bits per heavy atom. The Morgan fingerprint density at radius 1 is 1.07 bits per heavy atom. The lowest BCUT2D eigenvalue weighted by Crippen LogP contribution is -2.46. The second kappa shape index (κ2) is 8.58. The number of piperazine rings is 1. The van der Waals surface area contributed by atoms with Gasteiger partial charge in [0, 0.05) is 44.3 Å². The molecule has 1 fully saturated rings. The van der Waals surface area contributed by atoms with Crippen molar-refractivity contribution < 1.29 is 8.42 Å². The molecule has 1 aliphatic heterocycles. The summed E-state index contributed by atoms with van der Waals surface area (Å²) in [4.78, 5) is 13.9. The van der Waals surface area contributed by atoms with Crippen molar-refractivity contribution in [1.29, 1.82) is 0 Å². The highest BCUT2D eigenvalue weighted by atomic mass is 32.2. The van der Waals surface area contributed by atoms with Crippen LogP contribution in [0.4, 0.5) is 5.69 Å². The standard InChI is InChI=1S/C20H23N5O2S2/c1-21-29(26,27)19-8-3-2-7-18(19)25-12-10-24(11-13-25)14-16-15-28-20(23-16)17-6-4-5-9-22-17/h2-9,15,21H,10-14H2,1H3. The van der Waals surface area contributed by atoms with Crippen molar-refractivity contribution in [2.75, 3.05) is 38.1 Å². The van der Waals surface area contributed by atoms with Gasteiger partial charge in [0.15, 0.2) is 0 Å². The Kier molecular flexibility index (Phi) is 5.91. The molecule has 152 valence electrons. The van der Waals surface area contributed by atoms with Crippen LogP contribution in [0.3, 0.4) is 0 Å². The van der Waals surface area contributed by atoms with E-state index in [2.05, 4.69) is 24.9 Å². The summed E-state index contributed by atoms with van der Waals surface area (Å²) in [5, 5.41) is 3.02. The van der Waals surface area contributed by atoms with Crippen LogP contribution in [0.15, 0.2) is 58.9 Å². The van der Waals surface area contributed by atoms with E-state index in [0.717, 1.165) is 54.8 Å². The summed E-state index contributed by atoms with van der Waals surface area (Å²) >= 11 is 1.61. The number of sulfonamides is 1. The second-order valence-corrected chi connectivity index (χ2v) is 9.51. The minimum atomic E-state index is -3.48. The van der Waals surface area contributed by atoms with E-state index in [9.17, 15) is 8.42 Å². The van der Waals surface area contributed by atoms with Crippen LogP contribution in [-0.2, 0) is 16.6 Å². The van der Waals surface area contributed by atoms with Crippen molar-refractivity contribution in [3.8, 4) is 10.7 Å². The van der Waals surface area contributed by atoms with Crippen LogP contribution in [0.5, 0.6) is 0 Å². The number of aromatic nitrogens is 2. The Bertz CT molecular complexity index is 1060. The molecule has 0 amide bonds. The summed E-state index contributed by atoms with van der Waals surface area (Å²) in [5.41, 5.74) is 2.70. The average Bonchev–Trinajstić information content (AvgIpc) is 3.23. The van der Waals surface area contributed by atoms with Gasteiger partial charge in [0.05, 0.1) is 17.1 Å². The number of benzene rings is 1. The van der Waals surface area contributed by atoms with E-state index in [1.54, 1.807) is 29.7 Å². The van der Waals surface area contributed by atoms with E-state index in [1.165, 1.54) is 7.05 Å². The maximum Gasteiger partial charge on any atom is 0.242 e. The minimum Gasteiger partial charge on any atom is -0.368 e. The molecule has 1 aliphatic rings. The van der Waals surface area contributed by atoms with Crippen molar-refractivity contribution in [1.82, 2.24) is 19.6 Å². The highest BCUT2D eigenvalue weighted by Gasteiger charge is 2.24. The summed E-state index contributed by atoms with van der Waals surface area (Å²) in [7, 11) is -2.04. The molecule has 1 N–H and O–H groups in total. The normalized spacial score (nSPS) is 15.6. The number of hydrogen-bond acceptors (Lipinski definition) is 7. The van der Waals surface area contributed by atoms with E-state index in [4.69, 9.17) is 4.98 Å². The lowest BCUT2D eigenvalue weighted by Gasteiger charge is -2.36. The SMILES string of the molecule is CNS(=O)(=O)c1ccccc1N1CCN(Cc2csc(-c3ccccn3)n2)CC1. The number of hydrogen-bond donors (Lipinski definition) is 1. The lowest BCUT2D eigenvalue weighted by atomic mass is 10.2. The number of pyridine rings is 1. The fourth-order valence-corrected chi connectivity index (χ4v) is 5.15. The molecule has 29 heavy (non-hydrogen) atoms. The Morgan fingerprint density at radius 2 is 1.83 bits per heavy atom. The zero-order chi connectivity index (χ0) is 20.3. The third kappa shape index (κ3) is 4.48. The van der Waals surface area contributed by atoms with Gasteiger partial charge in [-0.25, -0.2) is 18.1 Å². The average molecular weight is 430 g/mol. The van der Waals surface area contributed by atoms with Gasteiger partial charge in [0.1, 0.15) is 9.90 Å². The predicted octanol–water partition coefficient (Wildman–Crippen LogP) is 2.44. The van der Waals surface area contributed by atoms with Crippen molar-refractivity contribution >= 4 is 27.0 Å². The monoisotopic (exact) mass is 429 g/mol. The van der Waals surface area contributed by atoms with Crippen LogP contribution in [0.2, 0.25) is 0 Å². The molecule has 4 rings (SSSR count). The van der Waals surface area contributed by atoms with Gasteiger partial charge in [-0.3, -0.25) is 9.88 Å². The van der Waals surface area contributed by atoms with Crippen LogP contribution >= 0.6 is 11.3 Å². The zero-order valence-corrected chi connectivity index (χ0v) is 17.8. The Balaban J connectivity index is 1.41. The van der Waals surface area contributed by atoms with E-state index in [1.807, 2.05) is 30.3 Å². The fraction of sp³-hybridized carbons (Fsp3) is 0.300. The Hall–Kier alpha value is -2.33. The van der Waals surface area contributed by atoms with Crippen LogP contribution < -0.4 is 9.62 Å². The van der Waals surface area contributed by atoms with Gasteiger partial charge < -0.3 is 4.90 Å². The minimum absolute atomic E-state index is 0.329. The smallest absolute Gasteiger partial charge is 0.242 e. The first kappa shape index (κ1) is 20.0. The maximum absolute atomic E-state index is 12.3. The highest BCUT2D eigenvalue weighted by molar-refractivity contribution is 7.89. The zero-order valence-electron chi connectivity index (χ0n) is 16.2. The maximum atomic E-state index is 12.3. The molecular formula is C20H23N5O2S2. The molecule has 0 atom stereocenters. The largest absolute Gasteiger partial charge is 0.368 e. The first-order chi connectivity index (χ1) is 14.1. The van der Waals surface area contributed by atoms with Crippen molar-refractivity contribution in [3.63, 3.8) is 0 Å². The van der Waals surface area contributed by atoms with Crippen LogP contribution in [0.1, 0.15) is 5.69 Å². The first-order valence-corrected chi connectivity index (χ1v) is 11.8. The molecule has 0 spiro atoms. The van der Waals surface area contributed by atoms with Gasteiger partial charge in [-0.15, -0.1) is 11.3 Å². The highest BCUT2D eigenvalue weighted by Crippen LogP contribution is 2.27. The van der Waals surface area contributed by atoms with E-state index < -0.39 is 10.0 Å². The Labute approximate surface area is 175 Å². The molecule has 0 unspecified atom stereocenters. The van der Waals surface area contributed by atoms with Gasteiger partial charge in [-0.1, -0.05) is 18.2 Å². The molecule has 0 radical (unpaired) electrons. The molecule has 0 bridgehead atoms. The van der Waals surface area contributed by atoms with Crippen molar-refractivity contribution in [2.24, 2.45) is 0 Å². The van der Waals surface area contributed by atoms with Crippen LogP contribution in [0, 0.1) is 0 Å². The van der Waals surface area contributed by atoms with Gasteiger partial charge in [-0.2, -0.15) is 0 Å². The summed E-state index contributed by atoms with van der Waals surface area (Å²) in [6, 6.07) is 13.0. The summed E-state index contributed by atoms with van der Waals surface area (Å²) in [6.45, 7) is 4.03. The van der Waals surface area contributed by atoms with Crippen molar-refractivity contribution in [2.45, 2.75) is 11.4 Å². The number of thiazole rings is 1. The lowest BCUT2D eigenvalue weighted by molar-refractivity contribution is 0.247. The first-order valence-electron chi connectivity index (χ1n) is 9.42. The third-order valence-electron chi connectivity index (χ3n) is 4.96. The molecule has 0 saturated carbocycles. The number of anilines is 1. The van der Waals surface area contributed by atoms with Gasteiger partial charge >= 0.3 is 0 Å². The molecule has 7 nitrogen and oxygen atoms in total. The molecule has 3 aromatic rings. The molecular weight excluding hydrogens is 406 g/mol. The van der Waals surface area contributed by atoms with Crippen LogP contribution in [0.25, 0.3) is 10.7 Å². The molecule has 3 heterocycles. The topological polar surface area (TPSA) is 78.4 Å². The molecule has 0 aliphatic carbocycles. The molecule has 9 heteroatoms. The fourth-order valence-electron chi connectivity index (χ4n) is 3.42. The van der Waals surface area contributed by atoms with Gasteiger partial charge in [-0.05, 0) is 31.3 Å². The number of nitrogens with one attached hydrogen (secondary N) is 1. The predicted molar refractivity (Wildman–Crippen MR) is 116 cm³/mol. The van der Waals surface area contributed by atoms with Gasteiger partial charge in [0.2, 0.25) is 10.0 Å². The summed E-state index contributed by atoms with van der Waals surface area (Å²) in [6.07, 6.45) is 1.78. The van der Waals surface area contributed by atoms with Gasteiger partial charge in [0.25, 0.3) is 0 Å². The second-order valence-electron chi connectivity index (χ2n) is 6.80. The number of para-hydroxylation sites is 1. The van der Waals surface area contributed by atoms with E-state index >= 15 is 0 Å². The summed E-state index contributed by atoms with van der Waals surface area (Å²) in [5.74, 6) is 0. The summed E-state index contributed by atoms with van der Waals surface area (Å²) < 4.78 is 27.1. The van der Waals surface area contributed by atoms with Crippen molar-refractivity contribution in [3.05, 3.63) is 59.7 Å². The van der Waals surface area contributed by atoms with E-state index in [-0.39, 0.29) is 0 Å². The molecule has 1 saturated heterocycles. The van der Waals surface area contributed by atoms with E-state index in [0.29, 0.717) is 4.90 Å².